The molecule has 2 rings (SSSR count). The number of amides is 1. The lowest BCUT2D eigenvalue weighted by molar-refractivity contribution is -0.117. The predicted molar refractivity (Wildman–Crippen MR) is 82.6 cm³/mol. The van der Waals surface area contributed by atoms with Crippen LogP contribution in [-0.4, -0.2) is 19.0 Å². The van der Waals surface area contributed by atoms with Gasteiger partial charge in [-0.15, -0.1) is 12.4 Å². The van der Waals surface area contributed by atoms with Crippen LogP contribution in [0.2, 0.25) is 10.0 Å². The van der Waals surface area contributed by atoms with Crippen molar-refractivity contribution in [1.29, 1.82) is 0 Å². The van der Waals surface area contributed by atoms with Crippen molar-refractivity contribution in [3.63, 3.8) is 0 Å². The van der Waals surface area contributed by atoms with E-state index in [1.165, 1.54) is 0 Å². The second kappa shape index (κ2) is 7.95. The summed E-state index contributed by atoms with van der Waals surface area (Å²) < 4.78 is 0. The smallest absolute Gasteiger partial charge is 0.224 e. The van der Waals surface area contributed by atoms with Crippen LogP contribution in [0.3, 0.4) is 0 Å². The monoisotopic (exact) mass is 322 g/mol. The van der Waals surface area contributed by atoms with E-state index in [-0.39, 0.29) is 18.3 Å². The molecule has 6 heteroatoms. The fourth-order valence-corrected chi connectivity index (χ4v) is 2.43. The molecule has 0 unspecified atom stereocenters. The van der Waals surface area contributed by atoms with Crippen molar-refractivity contribution in [3.8, 4) is 0 Å². The fraction of sp³-hybridized carbons (Fsp3) is 0.462. The van der Waals surface area contributed by atoms with Crippen LogP contribution in [0.1, 0.15) is 19.3 Å². The zero-order chi connectivity index (χ0) is 13.0. The van der Waals surface area contributed by atoms with Gasteiger partial charge in [0.15, 0.2) is 0 Å². The van der Waals surface area contributed by atoms with Crippen LogP contribution in [0, 0.1) is 5.92 Å². The molecule has 1 aliphatic heterocycles. The van der Waals surface area contributed by atoms with Crippen LogP contribution in [0.25, 0.3) is 0 Å². The molecule has 1 heterocycles. The van der Waals surface area contributed by atoms with Gasteiger partial charge in [0, 0.05) is 12.1 Å². The minimum Gasteiger partial charge on any atom is -0.326 e. The summed E-state index contributed by atoms with van der Waals surface area (Å²) in [4.78, 5) is 11.9. The molecule has 1 aromatic rings. The SMILES string of the molecule is Cl.O=C(CC1CCNCC1)Nc1ccc(Cl)c(Cl)c1. The number of hydrogen-bond donors (Lipinski definition) is 2. The molecule has 2 N–H and O–H groups in total. The van der Waals surface area contributed by atoms with Gasteiger partial charge < -0.3 is 10.6 Å². The molecule has 0 saturated carbocycles. The molecule has 1 aliphatic rings. The molecule has 0 bridgehead atoms. The van der Waals surface area contributed by atoms with Crippen molar-refractivity contribution < 1.29 is 4.79 Å². The van der Waals surface area contributed by atoms with E-state index in [1.54, 1.807) is 18.2 Å². The molecule has 0 radical (unpaired) electrons. The Labute approximate surface area is 129 Å². The van der Waals surface area contributed by atoms with E-state index < -0.39 is 0 Å². The second-order valence-corrected chi connectivity index (χ2v) is 5.39. The third-order valence-corrected chi connectivity index (χ3v) is 3.88. The maximum Gasteiger partial charge on any atom is 0.224 e. The minimum atomic E-state index is 0. The molecule has 0 aromatic heterocycles. The van der Waals surface area contributed by atoms with Crippen molar-refractivity contribution in [2.75, 3.05) is 18.4 Å². The van der Waals surface area contributed by atoms with Crippen LogP contribution >= 0.6 is 35.6 Å². The fourth-order valence-electron chi connectivity index (χ4n) is 2.13. The van der Waals surface area contributed by atoms with E-state index in [2.05, 4.69) is 10.6 Å². The Morgan fingerprint density at radius 1 is 1.26 bits per heavy atom. The molecule has 19 heavy (non-hydrogen) atoms. The van der Waals surface area contributed by atoms with E-state index in [4.69, 9.17) is 23.2 Å². The third kappa shape index (κ3) is 5.19. The predicted octanol–water partition coefficient (Wildman–Crippen LogP) is 3.74. The first-order valence-electron chi connectivity index (χ1n) is 6.11. The molecule has 0 atom stereocenters. The van der Waals surface area contributed by atoms with Crippen LogP contribution in [0.15, 0.2) is 18.2 Å². The highest BCUT2D eigenvalue weighted by Gasteiger charge is 2.16. The average molecular weight is 324 g/mol. The summed E-state index contributed by atoms with van der Waals surface area (Å²) in [5.74, 6) is 0.523. The van der Waals surface area contributed by atoms with Gasteiger partial charge in [0.05, 0.1) is 10.0 Å². The van der Waals surface area contributed by atoms with E-state index in [9.17, 15) is 4.79 Å². The highest BCUT2D eigenvalue weighted by Crippen LogP contribution is 2.25. The number of carbonyl (C=O) groups is 1. The summed E-state index contributed by atoms with van der Waals surface area (Å²) in [5, 5.41) is 7.09. The zero-order valence-electron chi connectivity index (χ0n) is 10.4. The van der Waals surface area contributed by atoms with Gasteiger partial charge in [0.25, 0.3) is 0 Å². The Kier molecular flexibility index (Phi) is 6.94. The first-order chi connectivity index (χ1) is 8.65. The first-order valence-corrected chi connectivity index (χ1v) is 6.86. The highest BCUT2D eigenvalue weighted by molar-refractivity contribution is 6.42. The molecule has 1 amide bonds. The lowest BCUT2D eigenvalue weighted by Gasteiger charge is -2.21. The Morgan fingerprint density at radius 2 is 1.95 bits per heavy atom. The summed E-state index contributed by atoms with van der Waals surface area (Å²) in [7, 11) is 0. The van der Waals surface area contributed by atoms with Crippen molar-refractivity contribution in [3.05, 3.63) is 28.2 Å². The Hall–Kier alpha value is -0.480. The number of anilines is 1. The van der Waals surface area contributed by atoms with Gasteiger partial charge in [0.1, 0.15) is 0 Å². The quantitative estimate of drug-likeness (QED) is 0.889. The largest absolute Gasteiger partial charge is 0.326 e. The number of nitrogens with one attached hydrogen (secondary N) is 2. The van der Waals surface area contributed by atoms with Gasteiger partial charge in [-0.05, 0) is 50.0 Å². The number of piperidine rings is 1. The minimum absolute atomic E-state index is 0. The van der Waals surface area contributed by atoms with E-state index >= 15 is 0 Å². The van der Waals surface area contributed by atoms with Crippen molar-refractivity contribution in [2.24, 2.45) is 5.92 Å². The summed E-state index contributed by atoms with van der Waals surface area (Å²) in [6, 6.07) is 5.11. The number of benzene rings is 1. The van der Waals surface area contributed by atoms with Crippen LogP contribution in [-0.2, 0) is 4.79 Å². The zero-order valence-corrected chi connectivity index (χ0v) is 12.7. The highest BCUT2D eigenvalue weighted by atomic mass is 35.5. The summed E-state index contributed by atoms with van der Waals surface area (Å²) in [5.41, 5.74) is 0.698. The molecule has 0 spiro atoms. The molecule has 0 aliphatic carbocycles. The van der Waals surface area contributed by atoms with Gasteiger partial charge in [0.2, 0.25) is 5.91 Å². The van der Waals surface area contributed by atoms with E-state index in [0.29, 0.717) is 28.1 Å². The lowest BCUT2D eigenvalue weighted by atomic mass is 9.94. The maximum absolute atomic E-state index is 11.9. The van der Waals surface area contributed by atoms with E-state index in [0.717, 1.165) is 25.9 Å². The van der Waals surface area contributed by atoms with E-state index in [1.807, 2.05) is 0 Å². The van der Waals surface area contributed by atoms with Crippen molar-refractivity contribution >= 4 is 47.2 Å². The van der Waals surface area contributed by atoms with Gasteiger partial charge in [-0.1, -0.05) is 23.2 Å². The topological polar surface area (TPSA) is 41.1 Å². The third-order valence-electron chi connectivity index (χ3n) is 3.14. The number of rotatable bonds is 3. The Morgan fingerprint density at radius 3 is 2.58 bits per heavy atom. The van der Waals surface area contributed by atoms with Gasteiger partial charge in [-0.3, -0.25) is 4.79 Å². The number of hydrogen-bond acceptors (Lipinski definition) is 2. The van der Waals surface area contributed by atoms with Gasteiger partial charge in [-0.25, -0.2) is 0 Å². The van der Waals surface area contributed by atoms with Gasteiger partial charge in [-0.2, -0.15) is 0 Å². The average Bonchev–Trinajstić information content (AvgIpc) is 2.35. The standard InChI is InChI=1S/C13H16Cl2N2O.ClH/c14-11-2-1-10(8-12(11)15)17-13(18)7-9-3-5-16-6-4-9;/h1-2,8-9,16H,3-7H2,(H,17,18);1H. The molecule has 106 valence electrons. The number of carbonyl (C=O) groups excluding carboxylic acids is 1. The molecular formula is C13H17Cl3N2O. The number of halogens is 3. The maximum atomic E-state index is 11.9. The second-order valence-electron chi connectivity index (χ2n) is 4.57. The molecule has 1 fully saturated rings. The first kappa shape index (κ1) is 16.6. The van der Waals surface area contributed by atoms with Crippen molar-refractivity contribution in [1.82, 2.24) is 5.32 Å². The molecule has 3 nitrogen and oxygen atoms in total. The Bertz CT molecular complexity index is 434. The lowest BCUT2D eigenvalue weighted by Crippen LogP contribution is -2.30. The van der Waals surface area contributed by atoms with Crippen molar-refractivity contribution in [2.45, 2.75) is 19.3 Å². The van der Waals surface area contributed by atoms with Crippen LogP contribution in [0.5, 0.6) is 0 Å². The van der Waals surface area contributed by atoms with Crippen LogP contribution < -0.4 is 10.6 Å². The molecule has 1 saturated heterocycles. The Balaban J connectivity index is 0.00000180. The molecular weight excluding hydrogens is 307 g/mol. The normalized spacial score (nSPS) is 15.7. The summed E-state index contributed by atoms with van der Waals surface area (Å²) in [6.07, 6.45) is 2.70. The van der Waals surface area contributed by atoms with Crippen LogP contribution in [0.4, 0.5) is 5.69 Å². The molecule has 1 aromatic carbocycles. The summed E-state index contributed by atoms with van der Waals surface area (Å²) >= 11 is 11.7. The van der Waals surface area contributed by atoms with Gasteiger partial charge >= 0.3 is 0 Å². The summed E-state index contributed by atoms with van der Waals surface area (Å²) in [6.45, 7) is 2.01.